The fourth-order valence-corrected chi connectivity index (χ4v) is 1.65. The largest absolute Gasteiger partial charge is 0.383 e. The van der Waals surface area contributed by atoms with E-state index < -0.39 is 11.2 Å². The number of H-pyrrole nitrogens is 1. The molecule has 0 fully saturated rings. The number of anilines is 1. The summed E-state index contributed by atoms with van der Waals surface area (Å²) < 4.78 is 7.67. The monoisotopic (exact) mass is 239 g/mol. The smallest absolute Gasteiger partial charge is 0.330 e. The Labute approximate surface area is 95.6 Å². The van der Waals surface area contributed by atoms with Gasteiger partial charge in [0, 0.05) is 14.2 Å². The Hall–Kier alpha value is -2.09. The van der Waals surface area contributed by atoms with Crippen molar-refractivity contribution >= 4 is 17.1 Å². The molecule has 0 amide bonds. The summed E-state index contributed by atoms with van der Waals surface area (Å²) in [4.78, 5) is 29.5. The van der Waals surface area contributed by atoms with Gasteiger partial charge in [-0.25, -0.2) is 4.79 Å². The Bertz CT molecular complexity index is 666. The lowest BCUT2D eigenvalue weighted by atomic mass is 10.5. The van der Waals surface area contributed by atoms with Gasteiger partial charge in [0.05, 0.1) is 13.2 Å². The molecular weight excluding hydrogens is 226 g/mol. The first-order valence-electron chi connectivity index (χ1n) is 5.00. The average molecular weight is 239 g/mol. The molecule has 0 aliphatic heterocycles. The van der Waals surface area contributed by atoms with Gasteiger partial charge in [-0.3, -0.25) is 14.3 Å². The van der Waals surface area contributed by atoms with Crippen molar-refractivity contribution in [3.8, 4) is 0 Å². The molecule has 0 unspecified atom stereocenters. The standard InChI is InChI=1S/C9H13N5O3/c1-13-5-6(11-8(13)10)14(3-4-17-2)9(16)12-7(5)15/h3-4H2,1-2H3,(H2,10,11)(H,12,15,16). The lowest BCUT2D eigenvalue weighted by Gasteiger charge is -2.04. The van der Waals surface area contributed by atoms with Crippen LogP contribution in [0.25, 0.3) is 11.2 Å². The van der Waals surface area contributed by atoms with E-state index >= 15 is 0 Å². The van der Waals surface area contributed by atoms with Gasteiger partial charge >= 0.3 is 5.69 Å². The zero-order valence-electron chi connectivity index (χ0n) is 9.56. The fourth-order valence-electron chi connectivity index (χ4n) is 1.65. The van der Waals surface area contributed by atoms with E-state index in [4.69, 9.17) is 10.5 Å². The van der Waals surface area contributed by atoms with Crippen LogP contribution in [0.15, 0.2) is 9.59 Å². The molecule has 0 aliphatic rings. The number of imidazole rings is 1. The summed E-state index contributed by atoms with van der Waals surface area (Å²) in [6, 6.07) is 0. The lowest BCUT2D eigenvalue weighted by molar-refractivity contribution is 0.187. The summed E-state index contributed by atoms with van der Waals surface area (Å²) in [6.45, 7) is 0.649. The van der Waals surface area contributed by atoms with E-state index in [-0.39, 0.29) is 17.1 Å². The molecule has 2 aromatic heterocycles. The maximum absolute atomic E-state index is 11.6. The Morgan fingerprint density at radius 3 is 2.82 bits per heavy atom. The van der Waals surface area contributed by atoms with Crippen molar-refractivity contribution in [3.63, 3.8) is 0 Å². The normalized spacial score (nSPS) is 11.2. The van der Waals surface area contributed by atoms with Crippen molar-refractivity contribution in [2.75, 3.05) is 19.5 Å². The highest BCUT2D eigenvalue weighted by molar-refractivity contribution is 5.73. The molecule has 92 valence electrons. The molecule has 0 saturated carbocycles. The highest BCUT2D eigenvalue weighted by Gasteiger charge is 2.14. The second-order valence-electron chi connectivity index (χ2n) is 3.60. The first-order chi connectivity index (χ1) is 8.06. The number of aromatic nitrogens is 4. The van der Waals surface area contributed by atoms with Crippen LogP contribution < -0.4 is 17.0 Å². The van der Waals surface area contributed by atoms with Crippen LogP contribution in [0.4, 0.5) is 5.95 Å². The first-order valence-corrected chi connectivity index (χ1v) is 5.00. The van der Waals surface area contributed by atoms with Crippen LogP contribution in [-0.2, 0) is 18.3 Å². The summed E-state index contributed by atoms with van der Waals surface area (Å²) in [5.41, 5.74) is 5.16. The molecule has 0 bridgehead atoms. The Kier molecular flexibility index (Phi) is 2.72. The highest BCUT2D eigenvalue weighted by atomic mass is 16.5. The minimum absolute atomic E-state index is 0.183. The quantitative estimate of drug-likeness (QED) is 0.688. The molecule has 17 heavy (non-hydrogen) atoms. The molecule has 2 rings (SSSR count). The highest BCUT2D eigenvalue weighted by Crippen LogP contribution is 2.09. The number of methoxy groups -OCH3 is 1. The minimum Gasteiger partial charge on any atom is -0.383 e. The molecule has 0 aliphatic carbocycles. The Morgan fingerprint density at radius 2 is 2.18 bits per heavy atom. The van der Waals surface area contributed by atoms with E-state index in [1.165, 1.54) is 16.2 Å². The van der Waals surface area contributed by atoms with E-state index in [0.717, 1.165) is 0 Å². The number of ether oxygens (including phenoxy) is 1. The van der Waals surface area contributed by atoms with Gasteiger partial charge < -0.3 is 15.0 Å². The molecule has 0 aromatic carbocycles. The molecule has 0 saturated heterocycles. The topological polar surface area (TPSA) is 108 Å². The van der Waals surface area contributed by atoms with Gasteiger partial charge in [-0.1, -0.05) is 0 Å². The molecule has 2 aromatic rings. The predicted molar refractivity (Wildman–Crippen MR) is 61.9 cm³/mol. The average Bonchev–Trinajstić information content (AvgIpc) is 2.55. The van der Waals surface area contributed by atoms with Gasteiger partial charge in [0.15, 0.2) is 11.2 Å². The van der Waals surface area contributed by atoms with Crippen molar-refractivity contribution in [3.05, 3.63) is 20.8 Å². The van der Waals surface area contributed by atoms with E-state index in [1.54, 1.807) is 7.05 Å². The summed E-state index contributed by atoms with van der Waals surface area (Å²) in [5, 5.41) is 0. The predicted octanol–water partition coefficient (Wildman–Crippen LogP) is -1.35. The van der Waals surface area contributed by atoms with Crippen LogP contribution in [0, 0.1) is 0 Å². The lowest BCUT2D eigenvalue weighted by Crippen LogP contribution is -2.32. The number of nitrogens with two attached hydrogens (primary N) is 1. The van der Waals surface area contributed by atoms with Crippen LogP contribution in [0.3, 0.4) is 0 Å². The van der Waals surface area contributed by atoms with Gasteiger partial charge in [0.1, 0.15) is 0 Å². The number of nitrogens with one attached hydrogen (secondary N) is 1. The number of fused-ring (bicyclic) bond motifs is 1. The van der Waals surface area contributed by atoms with Crippen LogP contribution >= 0.6 is 0 Å². The second-order valence-corrected chi connectivity index (χ2v) is 3.60. The third kappa shape index (κ3) is 1.72. The number of aryl methyl sites for hydroxylation is 1. The van der Waals surface area contributed by atoms with Gasteiger partial charge in [-0.2, -0.15) is 4.98 Å². The van der Waals surface area contributed by atoms with Gasteiger partial charge in [0.25, 0.3) is 5.56 Å². The summed E-state index contributed by atoms with van der Waals surface area (Å²) in [7, 11) is 3.14. The van der Waals surface area contributed by atoms with Crippen molar-refractivity contribution < 1.29 is 4.74 Å². The second kappa shape index (κ2) is 4.06. The summed E-state index contributed by atoms with van der Waals surface area (Å²) >= 11 is 0. The molecule has 0 atom stereocenters. The zero-order chi connectivity index (χ0) is 12.6. The van der Waals surface area contributed by atoms with Gasteiger partial charge in [-0.15, -0.1) is 0 Å². The third-order valence-electron chi connectivity index (χ3n) is 2.57. The van der Waals surface area contributed by atoms with Gasteiger partial charge in [-0.05, 0) is 0 Å². The van der Waals surface area contributed by atoms with Crippen molar-refractivity contribution in [1.82, 2.24) is 19.1 Å². The van der Waals surface area contributed by atoms with Crippen molar-refractivity contribution in [2.45, 2.75) is 6.54 Å². The van der Waals surface area contributed by atoms with Crippen LogP contribution in [0.1, 0.15) is 0 Å². The molecule has 8 nitrogen and oxygen atoms in total. The maximum Gasteiger partial charge on any atom is 0.330 e. The number of hydrogen-bond acceptors (Lipinski definition) is 5. The zero-order valence-corrected chi connectivity index (χ0v) is 9.56. The molecule has 0 radical (unpaired) electrons. The molecular formula is C9H13N5O3. The summed E-state index contributed by atoms with van der Waals surface area (Å²) in [5.74, 6) is 0.183. The first kappa shape index (κ1) is 11.4. The number of hydrogen-bond donors (Lipinski definition) is 2. The van der Waals surface area contributed by atoms with Crippen LogP contribution in [0.2, 0.25) is 0 Å². The fraction of sp³-hybridized carbons (Fsp3) is 0.444. The van der Waals surface area contributed by atoms with E-state index in [0.29, 0.717) is 13.2 Å². The number of rotatable bonds is 3. The Balaban J connectivity index is 2.79. The maximum atomic E-state index is 11.6. The Morgan fingerprint density at radius 1 is 1.47 bits per heavy atom. The van der Waals surface area contributed by atoms with E-state index in [2.05, 4.69) is 9.97 Å². The van der Waals surface area contributed by atoms with E-state index in [9.17, 15) is 9.59 Å². The van der Waals surface area contributed by atoms with Crippen molar-refractivity contribution in [1.29, 1.82) is 0 Å². The molecule has 0 spiro atoms. The number of aromatic amines is 1. The summed E-state index contributed by atoms with van der Waals surface area (Å²) in [6.07, 6.45) is 0. The number of nitrogens with zero attached hydrogens (tertiary/aromatic N) is 3. The van der Waals surface area contributed by atoms with Gasteiger partial charge in [0.2, 0.25) is 5.95 Å². The van der Waals surface area contributed by atoms with Crippen molar-refractivity contribution in [2.24, 2.45) is 7.05 Å². The van der Waals surface area contributed by atoms with Crippen LogP contribution in [-0.4, -0.2) is 32.8 Å². The third-order valence-corrected chi connectivity index (χ3v) is 2.57. The van der Waals surface area contributed by atoms with Crippen LogP contribution in [0.5, 0.6) is 0 Å². The molecule has 8 heteroatoms. The molecule has 3 N–H and O–H groups in total. The molecule has 2 heterocycles. The SMILES string of the molecule is COCCn1c(=O)[nH]c(=O)c2c1nc(N)n2C. The number of nitrogen functional groups attached to an aromatic ring is 1. The minimum atomic E-state index is -0.516. The van der Waals surface area contributed by atoms with E-state index in [1.807, 2.05) is 0 Å².